The molecule has 0 aromatic carbocycles. The molecule has 0 unspecified atom stereocenters. The van der Waals surface area contributed by atoms with Gasteiger partial charge in [-0.15, -0.1) is 11.3 Å². The lowest BCUT2D eigenvalue weighted by Crippen LogP contribution is -2.43. The number of nitrogens with one attached hydrogen (secondary N) is 1. The van der Waals surface area contributed by atoms with Gasteiger partial charge < -0.3 is 15.2 Å². The second kappa shape index (κ2) is 9.62. The van der Waals surface area contributed by atoms with Crippen molar-refractivity contribution >= 4 is 33.2 Å². The van der Waals surface area contributed by atoms with Crippen LogP contribution in [0.4, 0.5) is 0 Å². The van der Waals surface area contributed by atoms with Crippen LogP contribution in [0, 0.1) is 17.8 Å². The second-order valence-corrected chi connectivity index (χ2v) is 11.8. The number of allylic oxidation sites excluding steroid dienone is 2. The minimum atomic E-state index is -3.67. The van der Waals surface area contributed by atoms with Crippen LogP contribution in [0.5, 0.6) is 0 Å². The fourth-order valence-corrected chi connectivity index (χ4v) is 7.59. The third-order valence-electron chi connectivity index (χ3n) is 6.63. The molecule has 0 aliphatic heterocycles. The summed E-state index contributed by atoms with van der Waals surface area (Å²) in [6.07, 6.45) is 12.7. The number of nitrogens with zero attached hydrogens (tertiary/aromatic N) is 1. The predicted molar refractivity (Wildman–Crippen MR) is 120 cm³/mol. The molecule has 4 atom stereocenters. The van der Waals surface area contributed by atoms with Gasteiger partial charge in [0.15, 0.2) is 0 Å². The van der Waals surface area contributed by atoms with Crippen molar-refractivity contribution in [3.8, 4) is 0 Å². The Morgan fingerprint density at radius 2 is 1.91 bits per heavy atom. The van der Waals surface area contributed by atoms with E-state index in [1.54, 1.807) is 18.2 Å². The number of thiophene rings is 1. The molecule has 2 heterocycles. The number of rotatable bonds is 10. The maximum Gasteiger partial charge on any atom is 0.277 e. The zero-order valence-corrected chi connectivity index (χ0v) is 19.3. The normalized spacial score (nSPS) is 24.9. The molecule has 2 fully saturated rings. The molecule has 2 aliphatic carbocycles. The minimum Gasteiger partial charge on any atom is -0.550 e. The zero-order chi connectivity index (χ0) is 22.7. The second-order valence-electron chi connectivity index (χ2n) is 8.60. The lowest BCUT2D eigenvalue weighted by atomic mass is 9.82. The number of carboxylic acid groups (broad SMARTS) is 1. The van der Waals surface area contributed by atoms with Crippen molar-refractivity contribution < 1.29 is 23.1 Å². The quantitative estimate of drug-likeness (QED) is 0.420. The van der Waals surface area contributed by atoms with E-state index < -0.39 is 16.0 Å². The molecule has 0 radical (unpaired) electrons. The summed E-state index contributed by atoms with van der Waals surface area (Å²) in [6, 6.07) is 6.44. The Morgan fingerprint density at radius 1 is 1.16 bits per heavy atom. The highest BCUT2D eigenvalue weighted by atomic mass is 32.2. The van der Waals surface area contributed by atoms with E-state index in [9.17, 15) is 23.1 Å². The zero-order valence-electron chi connectivity index (χ0n) is 17.7. The maximum absolute atomic E-state index is 12.9. The summed E-state index contributed by atoms with van der Waals surface area (Å²) >= 11 is 0.992. The number of fused-ring (bicyclic) bond motifs is 2. The molecule has 7 nitrogen and oxygen atoms in total. The summed E-state index contributed by atoms with van der Waals surface area (Å²) in [4.78, 5) is 23.8. The first kappa shape index (κ1) is 22.8. The molecule has 2 aromatic rings. The molecule has 0 saturated heterocycles. The Hall–Kier alpha value is -2.39. The summed E-state index contributed by atoms with van der Waals surface area (Å²) in [6.45, 7) is 0. The number of carbonyl (C=O) groups is 2. The smallest absolute Gasteiger partial charge is 0.277 e. The number of amides is 1. The van der Waals surface area contributed by atoms with Gasteiger partial charge in [-0.3, -0.25) is 4.79 Å². The first-order chi connectivity index (χ1) is 15.4. The van der Waals surface area contributed by atoms with Crippen LogP contribution < -0.4 is 10.4 Å². The van der Waals surface area contributed by atoms with Crippen molar-refractivity contribution in [2.75, 3.05) is 0 Å². The van der Waals surface area contributed by atoms with E-state index in [2.05, 4.69) is 11.4 Å². The average Bonchev–Trinajstić information content (AvgIpc) is 3.55. The van der Waals surface area contributed by atoms with Gasteiger partial charge in [0.1, 0.15) is 4.21 Å². The average molecular weight is 476 g/mol. The first-order valence-corrected chi connectivity index (χ1v) is 13.3. The van der Waals surface area contributed by atoms with E-state index in [4.69, 9.17) is 0 Å². The van der Waals surface area contributed by atoms with Crippen LogP contribution in [0.15, 0.2) is 53.0 Å². The van der Waals surface area contributed by atoms with Crippen LogP contribution in [0.3, 0.4) is 0 Å². The van der Waals surface area contributed by atoms with Gasteiger partial charge in [-0.05, 0) is 87.0 Å². The van der Waals surface area contributed by atoms with E-state index in [0.717, 1.165) is 34.6 Å². The van der Waals surface area contributed by atoms with E-state index in [1.807, 2.05) is 6.08 Å². The fraction of sp³-hybridized carbons (Fsp3) is 0.478. The first-order valence-electron chi connectivity index (χ1n) is 11.0. The molecule has 2 saturated carbocycles. The van der Waals surface area contributed by atoms with E-state index >= 15 is 0 Å². The largest absolute Gasteiger partial charge is 0.550 e. The van der Waals surface area contributed by atoms with Crippen molar-refractivity contribution in [2.24, 2.45) is 17.8 Å². The van der Waals surface area contributed by atoms with Gasteiger partial charge in [-0.1, -0.05) is 12.2 Å². The third-order valence-corrected chi connectivity index (χ3v) is 9.83. The summed E-state index contributed by atoms with van der Waals surface area (Å²) in [7, 11) is -3.67. The number of hydrogen-bond donors (Lipinski definition) is 1. The Balaban J connectivity index is 1.38. The van der Waals surface area contributed by atoms with Crippen molar-refractivity contribution in [2.45, 2.75) is 55.2 Å². The van der Waals surface area contributed by atoms with Crippen molar-refractivity contribution in [3.05, 3.63) is 53.7 Å². The molecule has 9 heteroatoms. The number of aromatic nitrogens is 1. The monoisotopic (exact) mass is 475 g/mol. The van der Waals surface area contributed by atoms with Crippen molar-refractivity contribution in [3.63, 3.8) is 0 Å². The van der Waals surface area contributed by atoms with Gasteiger partial charge >= 0.3 is 0 Å². The van der Waals surface area contributed by atoms with Crippen LogP contribution in [0.1, 0.15) is 54.6 Å². The number of unbranched alkanes of at least 4 members (excludes halogenated alkanes) is 1. The third kappa shape index (κ3) is 4.83. The van der Waals surface area contributed by atoms with E-state index in [-0.39, 0.29) is 22.6 Å². The molecule has 1 amide bonds. The van der Waals surface area contributed by atoms with Crippen LogP contribution in [-0.2, 0) is 14.8 Å². The molecular weight excluding hydrogens is 448 g/mol. The van der Waals surface area contributed by atoms with E-state index in [1.165, 1.54) is 24.9 Å². The predicted octanol–water partition coefficient (Wildman–Crippen LogP) is 2.80. The van der Waals surface area contributed by atoms with Crippen molar-refractivity contribution in [1.29, 1.82) is 0 Å². The fourth-order valence-electron chi connectivity index (χ4n) is 5.10. The SMILES string of the molecule is O=C([O-])CCC/C=C\C[C@H]1[C@H]2CC[C@H](C2)[C@@H]1NC(=O)c1ccc(S(=O)(=O)n2cccc2)s1. The molecule has 2 aromatic heterocycles. The van der Waals surface area contributed by atoms with Crippen molar-refractivity contribution in [1.82, 2.24) is 9.29 Å². The summed E-state index contributed by atoms with van der Waals surface area (Å²) in [5.74, 6) is 0.171. The Bertz CT molecular complexity index is 1090. The molecule has 2 bridgehead atoms. The van der Waals surface area contributed by atoms with Crippen LogP contribution in [0.25, 0.3) is 0 Å². The van der Waals surface area contributed by atoms with Gasteiger partial charge in [0.05, 0.1) is 4.88 Å². The topological polar surface area (TPSA) is 108 Å². The van der Waals surface area contributed by atoms with Gasteiger partial charge in [0, 0.05) is 24.4 Å². The van der Waals surface area contributed by atoms with E-state index in [0.29, 0.717) is 35.5 Å². The highest BCUT2D eigenvalue weighted by molar-refractivity contribution is 7.92. The highest BCUT2D eigenvalue weighted by Crippen LogP contribution is 2.50. The molecule has 172 valence electrons. The Labute approximate surface area is 192 Å². The number of aliphatic carboxylic acids is 1. The Kier molecular flexibility index (Phi) is 6.85. The molecule has 32 heavy (non-hydrogen) atoms. The molecule has 0 spiro atoms. The lowest BCUT2D eigenvalue weighted by molar-refractivity contribution is -0.305. The molecular formula is C23H27N2O5S2-. The lowest BCUT2D eigenvalue weighted by Gasteiger charge is -2.31. The molecule has 4 rings (SSSR count). The summed E-state index contributed by atoms with van der Waals surface area (Å²) < 4.78 is 26.6. The summed E-state index contributed by atoms with van der Waals surface area (Å²) in [5, 5.41) is 13.7. The highest BCUT2D eigenvalue weighted by Gasteiger charge is 2.47. The summed E-state index contributed by atoms with van der Waals surface area (Å²) in [5.41, 5.74) is 0. The number of carbonyl (C=O) groups excluding carboxylic acids is 2. The molecule has 1 N–H and O–H groups in total. The van der Waals surface area contributed by atoms with Gasteiger partial charge in [-0.25, -0.2) is 3.97 Å². The van der Waals surface area contributed by atoms with Crippen LogP contribution in [-0.4, -0.2) is 30.3 Å². The van der Waals surface area contributed by atoms with Crippen LogP contribution in [0.2, 0.25) is 0 Å². The number of carboxylic acids is 1. The minimum absolute atomic E-state index is 0.0695. The van der Waals surface area contributed by atoms with Crippen LogP contribution >= 0.6 is 11.3 Å². The molecule has 2 aliphatic rings. The van der Waals surface area contributed by atoms with Gasteiger partial charge in [0.2, 0.25) is 0 Å². The maximum atomic E-state index is 12.9. The van der Waals surface area contributed by atoms with Gasteiger partial charge in [0.25, 0.3) is 15.9 Å². The van der Waals surface area contributed by atoms with Gasteiger partial charge in [-0.2, -0.15) is 8.42 Å². The number of hydrogen-bond acceptors (Lipinski definition) is 6. The standard InChI is InChI=1S/C23H28N2O5S2/c26-20(27)8-4-2-1-3-7-18-16-9-10-17(15-16)22(18)24-23(28)19-11-12-21(31-19)32(29,30)25-13-5-6-14-25/h1,3,5-6,11-14,16-18,22H,2,4,7-10,15H2,(H,24,28)(H,26,27)/p-1/b3-1-/t16-,17+,18-,22-/m0/s1. The Morgan fingerprint density at radius 3 is 2.66 bits per heavy atom.